The van der Waals surface area contributed by atoms with Gasteiger partial charge in [0.05, 0.1) is 5.02 Å². The van der Waals surface area contributed by atoms with Crippen molar-refractivity contribution in [2.45, 2.75) is 19.3 Å². The number of fused-ring (bicyclic) bond motifs is 2. The molecule has 0 N–H and O–H groups in total. The van der Waals surface area contributed by atoms with Gasteiger partial charge in [0.15, 0.2) is 5.75 Å². The molecule has 2 nitrogen and oxygen atoms in total. The van der Waals surface area contributed by atoms with E-state index < -0.39 is 0 Å². The average Bonchev–Trinajstić information content (AvgIpc) is 2.98. The fourth-order valence-electron chi connectivity index (χ4n) is 2.90. The Labute approximate surface area is 128 Å². The molecule has 0 radical (unpaired) electrons. The molecule has 1 heterocycles. The van der Waals surface area contributed by atoms with E-state index in [0.29, 0.717) is 0 Å². The van der Waals surface area contributed by atoms with Crippen LogP contribution in [-0.4, -0.2) is 4.98 Å². The van der Waals surface area contributed by atoms with E-state index in [1.54, 1.807) is 0 Å². The Hall–Kier alpha value is -2.06. The second-order valence-electron chi connectivity index (χ2n) is 5.27. The molecule has 0 saturated heterocycles. The van der Waals surface area contributed by atoms with Crippen LogP contribution in [0.1, 0.15) is 17.7 Å². The first kappa shape index (κ1) is 12.7. The van der Waals surface area contributed by atoms with E-state index in [0.717, 1.165) is 52.4 Å². The molecule has 0 amide bonds. The summed E-state index contributed by atoms with van der Waals surface area (Å²) in [6.07, 6.45) is 3.17. The third-order valence-electron chi connectivity index (χ3n) is 3.91. The number of hydrogen-bond acceptors (Lipinski definition) is 2. The van der Waals surface area contributed by atoms with Crippen LogP contribution in [0.15, 0.2) is 48.5 Å². The predicted molar refractivity (Wildman–Crippen MR) is 85.3 cm³/mol. The van der Waals surface area contributed by atoms with Crippen LogP contribution in [0.3, 0.4) is 0 Å². The number of aryl methyl sites for hydroxylation is 1. The van der Waals surface area contributed by atoms with E-state index in [1.807, 2.05) is 48.5 Å². The Morgan fingerprint density at radius 1 is 0.952 bits per heavy atom. The van der Waals surface area contributed by atoms with Gasteiger partial charge in [-0.05, 0) is 43.0 Å². The van der Waals surface area contributed by atoms with Gasteiger partial charge < -0.3 is 4.74 Å². The minimum atomic E-state index is 0.760. The van der Waals surface area contributed by atoms with Gasteiger partial charge in [-0.25, -0.2) is 4.98 Å². The quantitative estimate of drug-likeness (QED) is 0.651. The van der Waals surface area contributed by atoms with Gasteiger partial charge in [-0.15, -0.1) is 0 Å². The predicted octanol–water partition coefficient (Wildman–Crippen LogP) is 5.17. The normalized spacial score (nSPS) is 13.4. The van der Waals surface area contributed by atoms with Gasteiger partial charge in [0, 0.05) is 11.1 Å². The molecule has 4 rings (SSSR count). The highest BCUT2D eigenvalue weighted by molar-refractivity contribution is 6.36. The smallest absolute Gasteiger partial charge is 0.153 e. The molecule has 0 aliphatic heterocycles. The Morgan fingerprint density at radius 2 is 1.81 bits per heavy atom. The molecule has 0 spiro atoms. The molecule has 2 aromatic carbocycles. The van der Waals surface area contributed by atoms with Crippen molar-refractivity contribution >= 4 is 22.5 Å². The van der Waals surface area contributed by atoms with Gasteiger partial charge in [0.25, 0.3) is 0 Å². The van der Waals surface area contributed by atoms with Crippen LogP contribution in [0.2, 0.25) is 5.02 Å². The largest absolute Gasteiger partial charge is 0.455 e. The Balaban J connectivity index is 1.88. The molecule has 1 aromatic heterocycles. The number of para-hydroxylation sites is 2. The Bertz CT molecular complexity index is 814. The van der Waals surface area contributed by atoms with Gasteiger partial charge in [-0.1, -0.05) is 41.9 Å². The van der Waals surface area contributed by atoms with E-state index >= 15 is 0 Å². The SMILES string of the molecule is Clc1c2c(nc3c(Oc4ccccc4)cccc13)CCC2. The first-order chi connectivity index (χ1) is 10.3. The fraction of sp³-hybridized carbons (Fsp3) is 0.167. The maximum Gasteiger partial charge on any atom is 0.153 e. The van der Waals surface area contributed by atoms with Crippen molar-refractivity contribution in [2.75, 3.05) is 0 Å². The van der Waals surface area contributed by atoms with Gasteiger partial charge in [-0.3, -0.25) is 0 Å². The summed E-state index contributed by atoms with van der Waals surface area (Å²) >= 11 is 6.57. The molecular formula is C18H14ClNO. The van der Waals surface area contributed by atoms with Gasteiger partial charge >= 0.3 is 0 Å². The molecule has 1 aliphatic carbocycles. The number of halogens is 1. The molecule has 3 aromatic rings. The van der Waals surface area contributed by atoms with E-state index in [9.17, 15) is 0 Å². The minimum Gasteiger partial charge on any atom is -0.455 e. The lowest BCUT2D eigenvalue weighted by Crippen LogP contribution is -1.94. The third kappa shape index (κ3) is 2.16. The second kappa shape index (κ2) is 5.05. The third-order valence-corrected chi connectivity index (χ3v) is 4.34. The number of hydrogen-bond donors (Lipinski definition) is 0. The summed E-state index contributed by atoms with van der Waals surface area (Å²) in [5.74, 6) is 1.57. The van der Waals surface area contributed by atoms with Crippen molar-refractivity contribution in [1.82, 2.24) is 4.98 Å². The highest BCUT2D eigenvalue weighted by atomic mass is 35.5. The molecule has 3 heteroatoms. The summed E-state index contributed by atoms with van der Waals surface area (Å²) in [4.78, 5) is 4.80. The summed E-state index contributed by atoms with van der Waals surface area (Å²) in [7, 11) is 0. The Morgan fingerprint density at radius 3 is 2.67 bits per heavy atom. The number of nitrogens with zero attached hydrogens (tertiary/aromatic N) is 1. The van der Waals surface area contributed by atoms with Crippen molar-refractivity contribution < 1.29 is 4.74 Å². The molecule has 21 heavy (non-hydrogen) atoms. The van der Waals surface area contributed by atoms with Crippen LogP contribution in [-0.2, 0) is 12.8 Å². The Kier molecular flexibility index (Phi) is 3.04. The zero-order valence-electron chi connectivity index (χ0n) is 11.5. The highest BCUT2D eigenvalue weighted by Crippen LogP contribution is 2.37. The molecule has 0 saturated carbocycles. The number of benzene rings is 2. The first-order valence-corrected chi connectivity index (χ1v) is 7.53. The molecule has 0 unspecified atom stereocenters. The van der Waals surface area contributed by atoms with Crippen molar-refractivity contribution in [3.8, 4) is 11.5 Å². The number of ether oxygens (including phenoxy) is 1. The van der Waals surface area contributed by atoms with E-state index in [4.69, 9.17) is 21.3 Å². The molecule has 0 fully saturated rings. The fourth-order valence-corrected chi connectivity index (χ4v) is 3.25. The van der Waals surface area contributed by atoms with Crippen molar-refractivity contribution in [3.63, 3.8) is 0 Å². The average molecular weight is 296 g/mol. The maximum atomic E-state index is 6.57. The summed E-state index contributed by atoms with van der Waals surface area (Å²) in [5.41, 5.74) is 3.18. The van der Waals surface area contributed by atoms with Crippen LogP contribution in [0.4, 0.5) is 0 Å². The zero-order valence-corrected chi connectivity index (χ0v) is 12.2. The topological polar surface area (TPSA) is 22.1 Å². The van der Waals surface area contributed by atoms with Crippen molar-refractivity contribution in [3.05, 3.63) is 64.8 Å². The van der Waals surface area contributed by atoms with Gasteiger partial charge in [0.2, 0.25) is 0 Å². The summed E-state index contributed by atoms with van der Waals surface area (Å²) < 4.78 is 5.99. The molecule has 0 atom stereocenters. The lowest BCUT2D eigenvalue weighted by molar-refractivity contribution is 0.487. The summed E-state index contributed by atoms with van der Waals surface area (Å²) in [6, 6.07) is 15.7. The number of aromatic nitrogens is 1. The van der Waals surface area contributed by atoms with Crippen molar-refractivity contribution in [2.24, 2.45) is 0 Å². The van der Waals surface area contributed by atoms with E-state index in [-0.39, 0.29) is 0 Å². The first-order valence-electron chi connectivity index (χ1n) is 7.16. The number of rotatable bonds is 2. The van der Waals surface area contributed by atoms with Crippen molar-refractivity contribution in [1.29, 1.82) is 0 Å². The van der Waals surface area contributed by atoms with Gasteiger partial charge in [0.1, 0.15) is 11.3 Å². The van der Waals surface area contributed by atoms with Crippen LogP contribution in [0.5, 0.6) is 11.5 Å². The van der Waals surface area contributed by atoms with E-state index in [2.05, 4.69) is 0 Å². The lowest BCUT2D eigenvalue weighted by atomic mass is 10.1. The van der Waals surface area contributed by atoms with E-state index in [1.165, 1.54) is 5.56 Å². The highest BCUT2D eigenvalue weighted by Gasteiger charge is 2.20. The van der Waals surface area contributed by atoms with Crippen LogP contribution in [0.25, 0.3) is 10.9 Å². The molecular weight excluding hydrogens is 282 g/mol. The molecule has 1 aliphatic rings. The molecule has 0 bridgehead atoms. The maximum absolute atomic E-state index is 6.57. The van der Waals surface area contributed by atoms with Crippen LogP contribution >= 0.6 is 11.6 Å². The number of pyridine rings is 1. The minimum absolute atomic E-state index is 0.760. The molecule has 104 valence electrons. The summed E-state index contributed by atoms with van der Waals surface area (Å²) in [5, 5.41) is 1.82. The zero-order chi connectivity index (χ0) is 14.2. The van der Waals surface area contributed by atoms with Crippen LogP contribution < -0.4 is 4.74 Å². The lowest BCUT2D eigenvalue weighted by Gasteiger charge is -2.11. The van der Waals surface area contributed by atoms with Crippen LogP contribution in [0, 0.1) is 0 Å². The standard InChI is InChI=1S/C18H14ClNO/c19-17-13-8-4-10-15(13)20-18-14(17)9-5-11-16(18)21-12-6-2-1-3-7-12/h1-3,5-7,9,11H,4,8,10H2. The van der Waals surface area contributed by atoms with Gasteiger partial charge in [-0.2, -0.15) is 0 Å². The monoisotopic (exact) mass is 295 g/mol. The summed E-state index contributed by atoms with van der Waals surface area (Å²) in [6.45, 7) is 0. The second-order valence-corrected chi connectivity index (χ2v) is 5.65.